The molecule has 0 aromatic rings. The molecule has 61 heavy (non-hydrogen) atoms. The Bertz CT molecular complexity index is 1180. The van der Waals surface area contributed by atoms with Crippen LogP contribution in [0.3, 0.4) is 0 Å². The first kappa shape index (κ1) is 58.0. The number of carbonyl (C=O) groups excluding carboxylic acids is 2. The molecular weight excluding hydrogens is 763 g/mol. The smallest absolute Gasteiger partial charge is 0.362 e. The zero-order valence-electron chi connectivity index (χ0n) is 40.1. The first-order chi connectivity index (χ1) is 29.6. The number of carbonyl (C=O) groups is 3. The van der Waals surface area contributed by atoms with E-state index in [1.54, 1.807) is 0 Å². The summed E-state index contributed by atoms with van der Waals surface area (Å²) in [6.45, 7) is 4.65. The van der Waals surface area contributed by atoms with E-state index in [9.17, 15) is 19.5 Å². The van der Waals surface area contributed by atoms with Gasteiger partial charge in [0.25, 0.3) is 0 Å². The van der Waals surface area contributed by atoms with Crippen molar-refractivity contribution in [3.05, 3.63) is 60.8 Å². The van der Waals surface area contributed by atoms with Crippen molar-refractivity contribution in [2.24, 2.45) is 0 Å². The Morgan fingerprint density at radius 1 is 0.492 bits per heavy atom. The van der Waals surface area contributed by atoms with E-state index in [0.717, 1.165) is 44.9 Å². The summed E-state index contributed by atoms with van der Waals surface area (Å²) in [5.74, 6) is -1.54. The summed E-state index contributed by atoms with van der Waals surface area (Å²) >= 11 is 0. The first-order valence-electron chi connectivity index (χ1n) is 24.8. The number of ether oxygens (including phenoxy) is 3. The number of hydrogen-bond donors (Lipinski definition) is 1. The Morgan fingerprint density at radius 3 is 1.38 bits per heavy atom. The fourth-order valence-corrected chi connectivity index (χ4v) is 7.02. The summed E-state index contributed by atoms with van der Waals surface area (Å²) in [5.41, 5.74) is 0. The summed E-state index contributed by atoms with van der Waals surface area (Å²) in [6, 6.07) is -0.627. The van der Waals surface area contributed by atoms with Gasteiger partial charge in [-0.15, -0.1) is 0 Å². The van der Waals surface area contributed by atoms with Gasteiger partial charge in [0.15, 0.2) is 12.1 Å². The highest BCUT2D eigenvalue weighted by Gasteiger charge is 2.31. The Morgan fingerprint density at radius 2 is 0.885 bits per heavy atom. The van der Waals surface area contributed by atoms with Crippen molar-refractivity contribution in [2.45, 2.75) is 219 Å². The van der Waals surface area contributed by atoms with Gasteiger partial charge in [0.1, 0.15) is 6.61 Å². The van der Waals surface area contributed by atoms with Crippen LogP contribution in [0, 0.1) is 0 Å². The Hall–Kier alpha value is -2.97. The summed E-state index contributed by atoms with van der Waals surface area (Å²) in [5, 5.41) is 9.64. The van der Waals surface area contributed by atoms with Gasteiger partial charge < -0.3 is 23.8 Å². The molecular formula is C53H94NO7+. The molecule has 0 aliphatic heterocycles. The zero-order chi connectivity index (χ0) is 44.9. The van der Waals surface area contributed by atoms with Crippen LogP contribution in [0.15, 0.2) is 60.8 Å². The third-order valence-electron chi connectivity index (χ3n) is 10.9. The molecule has 8 nitrogen and oxygen atoms in total. The van der Waals surface area contributed by atoms with Gasteiger partial charge in [0.2, 0.25) is 0 Å². The van der Waals surface area contributed by atoms with Gasteiger partial charge in [0.05, 0.1) is 34.4 Å². The van der Waals surface area contributed by atoms with Crippen LogP contribution in [0.4, 0.5) is 0 Å². The fourth-order valence-electron chi connectivity index (χ4n) is 7.02. The van der Waals surface area contributed by atoms with Crippen LogP contribution in [0.25, 0.3) is 0 Å². The molecule has 0 heterocycles. The molecule has 0 rings (SSSR count). The largest absolute Gasteiger partial charge is 0.477 e. The summed E-state index contributed by atoms with van der Waals surface area (Å²) in [7, 11) is 5.51. The van der Waals surface area contributed by atoms with Crippen LogP contribution in [-0.4, -0.2) is 80.6 Å². The summed E-state index contributed by atoms with van der Waals surface area (Å²) in [4.78, 5) is 37.1. The lowest BCUT2D eigenvalue weighted by molar-refractivity contribution is -0.887. The fraction of sp³-hybridized carbons (Fsp3) is 0.755. The van der Waals surface area contributed by atoms with Crippen molar-refractivity contribution in [3.8, 4) is 0 Å². The zero-order valence-corrected chi connectivity index (χ0v) is 40.1. The number of allylic oxidation sites excluding steroid dienone is 10. The van der Waals surface area contributed by atoms with Gasteiger partial charge in [-0.05, 0) is 77.0 Å². The predicted molar refractivity (Wildman–Crippen MR) is 257 cm³/mol. The van der Waals surface area contributed by atoms with Crippen molar-refractivity contribution < 1.29 is 38.2 Å². The molecule has 0 spiro atoms. The normalized spacial score (nSPS) is 13.4. The van der Waals surface area contributed by atoms with Gasteiger partial charge in [-0.25, -0.2) is 4.79 Å². The second-order valence-electron chi connectivity index (χ2n) is 17.7. The van der Waals surface area contributed by atoms with E-state index >= 15 is 0 Å². The van der Waals surface area contributed by atoms with Gasteiger partial charge in [-0.2, -0.15) is 0 Å². The molecule has 0 radical (unpaired) electrons. The highest BCUT2D eigenvalue weighted by atomic mass is 16.6. The average molecular weight is 857 g/mol. The van der Waals surface area contributed by atoms with Crippen molar-refractivity contribution >= 4 is 17.9 Å². The molecule has 2 atom stereocenters. The maximum absolute atomic E-state index is 12.7. The molecule has 1 N–H and O–H groups in total. The van der Waals surface area contributed by atoms with E-state index in [1.807, 2.05) is 21.1 Å². The highest BCUT2D eigenvalue weighted by Crippen LogP contribution is 2.14. The van der Waals surface area contributed by atoms with E-state index in [0.29, 0.717) is 19.3 Å². The molecule has 0 amide bonds. The molecule has 2 unspecified atom stereocenters. The Balaban J connectivity index is 4.35. The van der Waals surface area contributed by atoms with Crippen LogP contribution < -0.4 is 0 Å². The van der Waals surface area contributed by atoms with Crippen molar-refractivity contribution in [3.63, 3.8) is 0 Å². The number of hydrogen-bond acceptors (Lipinski definition) is 6. The summed E-state index contributed by atoms with van der Waals surface area (Å²) in [6.07, 6.45) is 54.2. The number of aliphatic carboxylic acids is 1. The molecule has 352 valence electrons. The molecule has 0 fully saturated rings. The second-order valence-corrected chi connectivity index (χ2v) is 17.7. The molecule has 0 aromatic carbocycles. The van der Waals surface area contributed by atoms with Crippen LogP contribution in [-0.2, 0) is 28.6 Å². The van der Waals surface area contributed by atoms with Crippen molar-refractivity contribution in [1.82, 2.24) is 0 Å². The number of esters is 2. The minimum atomic E-state index is -0.885. The minimum absolute atomic E-state index is 0.0365. The molecule has 0 aliphatic carbocycles. The highest BCUT2D eigenvalue weighted by molar-refractivity contribution is 5.72. The van der Waals surface area contributed by atoms with E-state index < -0.39 is 18.1 Å². The number of quaternary nitrogens is 1. The van der Waals surface area contributed by atoms with Gasteiger partial charge >= 0.3 is 17.9 Å². The molecule has 8 heteroatoms. The van der Waals surface area contributed by atoms with Crippen LogP contribution >= 0.6 is 0 Å². The van der Waals surface area contributed by atoms with Crippen LogP contribution in [0.2, 0.25) is 0 Å². The van der Waals surface area contributed by atoms with Gasteiger partial charge in [-0.1, -0.05) is 171 Å². The topological polar surface area (TPSA) is 99.1 Å². The van der Waals surface area contributed by atoms with Gasteiger partial charge in [0, 0.05) is 19.3 Å². The molecule has 0 saturated heterocycles. The SMILES string of the molecule is CCCCC/C=C/C/C=C/C/C=C/C/C=C/CCCC(=O)OC(COCCC(C(=O)O)[N+](C)(C)C)COC(=O)CCCCCCCCC/C=C/CCCCCCCCCCC. The maximum Gasteiger partial charge on any atom is 0.362 e. The standard InChI is InChI=1S/C53H93NO7/c1-6-8-10-12-14-16-18-20-22-24-25-26-28-29-31-33-35-37-39-41-43-51(55)60-48-49(47-59-46-45-50(53(57)58)54(3,4)5)61-52(56)44-42-40-38-36-34-32-30-27-23-21-19-17-15-13-11-9-7-2/h15,17,21,23,25-26,30,32,36,38,49-50H,6-14,16,18-20,22,24,27-29,31,33-35,37,39-48H2,1-5H3/p+1/b17-15+,23-21+,26-25+,32-30+,38-36+. The van der Waals surface area contributed by atoms with Crippen molar-refractivity contribution in [1.29, 1.82) is 0 Å². The quantitative estimate of drug-likeness (QED) is 0.0282. The monoisotopic (exact) mass is 857 g/mol. The third-order valence-corrected chi connectivity index (χ3v) is 10.9. The number of likely N-dealkylation sites (N-methyl/N-ethyl adjacent to an activating group) is 1. The average Bonchev–Trinajstić information content (AvgIpc) is 3.22. The first-order valence-corrected chi connectivity index (χ1v) is 24.8. The number of nitrogens with zero attached hydrogens (tertiary/aromatic N) is 1. The lowest BCUT2D eigenvalue weighted by Crippen LogP contribution is -2.50. The number of rotatable bonds is 44. The maximum atomic E-state index is 12.7. The minimum Gasteiger partial charge on any atom is -0.477 e. The Labute approximate surface area is 375 Å². The van der Waals surface area contributed by atoms with Gasteiger partial charge in [-0.3, -0.25) is 9.59 Å². The molecule has 0 aliphatic rings. The van der Waals surface area contributed by atoms with Crippen LogP contribution in [0.5, 0.6) is 0 Å². The molecule has 0 aromatic heterocycles. The summed E-state index contributed by atoms with van der Waals surface area (Å²) < 4.78 is 17.3. The number of carboxylic acids is 1. The predicted octanol–water partition coefficient (Wildman–Crippen LogP) is 14.1. The lowest BCUT2D eigenvalue weighted by atomic mass is 10.1. The van der Waals surface area contributed by atoms with E-state index in [2.05, 4.69) is 74.6 Å². The molecule has 0 saturated carbocycles. The number of carboxylic acid groups (broad SMARTS) is 1. The Kier molecular flexibility index (Phi) is 41.5. The van der Waals surface area contributed by atoms with E-state index in [1.165, 1.54) is 122 Å². The van der Waals surface area contributed by atoms with E-state index in [4.69, 9.17) is 14.2 Å². The number of unbranched alkanes of at least 4 members (excludes halogenated alkanes) is 20. The van der Waals surface area contributed by atoms with Crippen LogP contribution in [0.1, 0.15) is 206 Å². The third kappa shape index (κ3) is 42.1. The van der Waals surface area contributed by atoms with Crippen molar-refractivity contribution in [2.75, 3.05) is 41.0 Å². The lowest BCUT2D eigenvalue weighted by Gasteiger charge is -2.31. The molecule has 0 bridgehead atoms. The van der Waals surface area contributed by atoms with E-state index in [-0.39, 0.29) is 42.7 Å². The second kappa shape index (κ2) is 43.7.